The fourth-order valence-corrected chi connectivity index (χ4v) is 21.3. The van der Waals surface area contributed by atoms with Gasteiger partial charge in [-0.2, -0.15) is 0 Å². The van der Waals surface area contributed by atoms with E-state index < -0.39 is 0 Å². The van der Waals surface area contributed by atoms with Crippen LogP contribution in [-0.2, 0) is 23.8 Å². The zero-order chi connectivity index (χ0) is 52.1. The second kappa shape index (κ2) is 31.8. The molecule has 0 aromatic rings. The minimum Gasteiger partial charge on any atom is -1.00 e. The molecule has 6 nitrogen and oxygen atoms in total. The van der Waals surface area contributed by atoms with Crippen molar-refractivity contribution in [2.45, 2.75) is 296 Å². The van der Waals surface area contributed by atoms with Gasteiger partial charge in [0.2, 0.25) is 5.24 Å². The van der Waals surface area contributed by atoms with E-state index in [4.69, 9.17) is 30.9 Å². The van der Waals surface area contributed by atoms with Gasteiger partial charge in [-0.3, -0.25) is 4.79 Å². The van der Waals surface area contributed by atoms with Crippen LogP contribution in [-0.4, -0.2) is 54.9 Å². The van der Waals surface area contributed by atoms with Gasteiger partial charge in [0.25, 0.3) is 0 Å². The Balaban J connectivity index is 0.000000175. The summed E-state index contributed by atoms with van der Waals surface area (Å²) in [5, 5.41) is 8.26. The minimum atomic E-state index is -0.361. The number of alkyl halides is 1. The number of aliphatic hydroxyl groups is 1. The van der Waals surface area contributed by atoms with E-state index in [-0.39, 0.29) is 43.8 Å². The summed E-state index contributed by atoms with van der Waals surface area (Å²) in [5.41, 5.74) is 0.875. The maximum Gasteiger partial charge on any atom is 1.00 e. The molecule has 16 aliphatic carbocycles. The summed E-state index contributed by atoms with van der Waals surface area (Å²) < 4.78 is 19.6. The summed E-state index contributed by atoms with van der Waals surface area (Å²) in [6.07, 6.45) is 60.0. The lowest BCUT2D eigenvalue weighted by atomic mass is 9.49. The molecule has 446 valence electrons. The van der Waals surface area contributed by atoms with Crippen LogP contribution in [0.5, 0.6) is 0 Å². The Hall–Kier alpha value is 0.0500. The van der Waals surface area contributed by atoms with Crippen molar-refractivity contribution in [3.8, 4) is 0 Å². The second-order valence-corrected chi connectivity index (χ2v) is 30.5. The Bertz CT molecular complexity index is 1550. The van der Waals surface area contributed by atoms with Crippen LogP contribution in [0, 0.1) is 93.2 Å². The molecule has 16 fully saturated rings. The molecule has 0 saturated heterocycles. The van der Waals surface area contributed by atoms with Crippen molar-refractivity contribution >= 4 is 34.7 Å². The SMILES string of the molecule is C.C1CCC(CCOC(OCCC2CCCCC2)C23CC4CC(CC(C4)C2)C3)CC1.CC(=O)Cl.ClC(OCCC1CCCCC1)C12CC3CC(CC(C3)C1)C2.O=CC12CC3CC(CC(C3)C1)C2.OCCC1CCCCC1.[Cl-].[H+]. The zero-order valence-corrected chi connectivity index (χ0v) is 50.7. The van der Waals surface area contributed by atoms with Gasteiger partial charge in [-0.15, -0.1) is 0 Å². The van der Waals surface area contributed by atoms with Gasteiger partial charge in [0, 0.05) is 36.4 Å². The highest BCUT2D eigenvalue weighted by Crippen LogP contribution is 2.64. The number of halogens is 3. The smallest absolute Gasteiger partial charge is 1.00 e. The molecule has 0 heterocycles. The summed E-state index contributed by atoms with van der Waals surface area (Å²) in [7, 11) is 0. The molecular formula is C68H117Cl3O6. The van der Waals surface area contributed by atoms with E-state index in [9.17, 15) is 9.59 Å². The van der Waals surface area contributed by atoms with Crippen LogP contribution in [0.25, 0.3) is 0 Å². The number of carbonyl (C=O) groups excluding carboxylic acids is 2. The number of aliphatic hydroxyl groups excluding tert-OH is 1. The van der Waals surface area contributed by atoms with Crippen molar-refractivity contribution in [1.82, 2.24) is 0 Å². The van der Waals surface area contributed by atoms with Gasteiger partial charge >= 0.3 is 1.43 Å². The van der Waals surface area contributed by atoms with Crippen molar-refractivity contribution in [3.05, 3.63) is 0 Å². The van der Waals surface area contributed by atoms with Crippen LogP contribution in [0.4, 0.5) is 0 Å². The normalized spacial score (nSPS) is 38.1. The van der Waals surface area contributed by atoms with E-state index in [0.29, 0.717) is 17.4 Å². The van der Waals surface area contributed by atoms with Gasteiger partial charge in [-0.05, 0) is 230 Å². The Labute approximate surface area is 490 Å². The van der Waals surface area contributed by atoms with Gasteiger partial charge < -0.3 is 36.5 Å². The molecule has 0 spiro atoms. The van der Waals surface area contributed by atoms with Crippen LogP contribution in [0.15, 0.2) is 0 Å². The minimum absolute atomic E-state index is 0. The maximum absolute atomic E-state index is 11.1. The van der Waals surface area contributed by atoms with E-state index in [2.05, 4.69) is 11.6 Å². The second-order valence-electron chi connectivity index (χ2n) is 29.6. The first-order chi connectivity index (χ1) is 36.5. The van der Waals surface area contributed by atoms with Crippen molar-refractivity contribution in [2.24, 2.45) is 93.2 Å². The van der Waals surface area contributed by atoms with Gasteiger partial charge in [0.05, 0.1) is 13.2 Å². The molecular weight excluding hydrogens is 1020 g/mol. The Kier molecular flexibility index (Phi) is 26.7. The van der Waals surface area contributed by atoms with Gasteiger partial charge in [-0.1, -0.05) is 147 Å². The van der Waals surface area contributed by atoms with Crippen molar-refractivity contribution in [1.29, 1.82) is 0 Å². The van der Waals surface area contributed by atoms with Crippen LogP contribution < -0.4 is 12.4 Å². The first-order valence-corrected chi connectivity index (χ1v) is 34.0. The molecule has 16 rings (SSSR count). The molecule has 77 heavy (non-hydrogen) atoms. The largest absolute Gasteiger partial charge is 1.00 e. The quantitative estimate of drug-likeness (QED) is 0.0676. The highest BCUT2D eigenvalue weighted by Gasteiger charge is 2.56. The molecule has 0 aromatic heterocycles. The number of aldehydes is 1. The van der Waals surface area contributed by atoms with E-state index >= 15 is 0 Å². The molecule has 0 aromatic carbocycles. The molecule has 1 unspecified atom stereocenters. The van der Waals surface area contributed by atoms with Crippen molar-refractivity contribution in [3.63, 3.8) is 0 Å². The summed E-state index contributed by atoms with van der Waals surface area (Å²) in [4.78, 5) is 20.3. The average molecular weight is 1140 g/mol. The summed E-state index contributed by atoms with van der Waals surface area (Å²) >= 11 is 11.4. The third-order valence-corrected chi connectivity index (χ3v) is 23.9. The molecule has 0 amide bonds. The van der Waals surface area contributed by atoms with E-state index in [1.807, 2.05) is 0 Å². The first-order valence-electron chi connectivity index (χ1n) is 33.2. The Morgan fingerprint density at radius 1 is 0.481 bits per heavy atom. The van der Waals surface area contributed by atoms with Gasteiger partial charge in [0.1, 0.15) is 11.8 Å². The molecule has 1 N–H and O–H groups in total. The summed E-state index contributed by atoms with van der Waals surface area (Å²) in [6.45, 7) is 4.48. The maximum atomic E-state index is 11.1. The number of rotatable bonds is 17. The molecule has 12 bridgehead atoms. The van der Waals surface area contributed by atoms with Crippen LogP contribution in [0.1, 0.15) is 285 Å². The van der Waals surface area contributed by atoms with Gasteiger partial charge in [0.15, 0.2) is 6.29 Å². The molecule has 16 saturated carbocycles. The fraction of sp³-hybridized carbons (Fsp3) is 0.971. The predicted molar refractivity (Wildman–Crippen MR) is 315 cm³/mol. The topological polar surface area (TPSA) is 82.1 Å². The fourth-order valence-electron chi connectivity index (χ4n) is 20.9. The Morgan fingerprint density at radius 3 is 1.03 bits per heavy atom. The van der Waals surface area contributed by atoms with E-state index in [1.54, 1.807) is 0 Å². The predicted octanol–water partition coefficient (Wildman–Crippen LogP) is 16.1. The Morgan fingerprint density at radius 2 is 0.740 bits per heavy atom. The first kappa shape index (κ1) is 64.6. The van der Waals surface area contributed by atoms with Crippen molar-refractivity contribution < 1.29 is 42.7 Å². The number of hydrogen-bond donors (Lipinski definition) is 1. The molecule has 0 radical (unpaired) electrons. The third kappa shape index (κ3) is 18.8. The lowest BCUT2D eigenvalue weighted by molar-refractivity contribution is -0.252. The lowest BCUT2D eigenvalue weighted by Gasteiger charge is -2.58. The number of ether oxygens (including phenoxy) is 3. The molecule has 9 heteroatoms. The van der Waals surface area contributed by atoms with Gasteiger partial charge in [-0.25, -0.2) is 0 Å². The van der Waals surface area contributed by atoms with Crippen molar-refractivity contribution in [2.75, 3.05) is 26.4 Å². The van der Waals surface area contributed by atoms with Crippen LogP contribution in [0.3, 0.4) is 0 Å². The summed E-state index contributed by atoms with van der Waals surface area (Å²) in [5.74, 6) is 12.2. The average Bonchev–Trinajstić information content (AvgIpc) is 3.39. The van der Waals surface area contributed by atoms with Crippen LogP contribution >= 0.6 is 23.2 Å². The highest BCUT2D eigenvalue weighted by atomic mass is 35.5. The zero-order valence-electron chi connectivity index (χ0n) is 49.4. The van der Waals surface area contributed by atoms with Crippen LogP contribution in [0.2, 0.25) is 0 Å². The molecule has 1 atom stereocenters. The number of hydrogen-bond acceptors (Lipinski definition) is 6. The van der Waals surface area contributed by atoms with E-state index in [0.717, 1.165) is 103 Å². The molecule has 16 aliphatic rings. The standard InChI is InChI=1S/C27H46O2.C19H31ClO.C11H16O.C8H16O.C2H3ClO.CH4.ClH/c1-3-7-21(8-4-1)11-13-28-26(29-14-12-22-9-5-2-6-10-22)27-18-23-15-24(19-27)17-25(16-23)20-27;20-18(21-7-6-14-4-2-1-3-5-14)19-11-15-8-16(12-19)10-17(9-15)13-19;12-7-11-4-8-1-9(5-11)3-10(2-8)6-11;9-7-6-8-4-2-1-3-5-8;1-2(3)4;;/h21-26H,1-20H2;14-18H,1-13H2;7-10H,1-6H2;8-9H,1-7H2;1H3;1H4;1H. The highest BCUT2D eigenvalue weighted by molar-refractivity contribution is 6.62. The monoisotopic (exact) mass is 1130 g/mol. The lowest BCUT2D eigenvalue weighted by Crippen LogP contribution is -3.00. The third-order valence-electron chi connectivity index (χ3n) is 23.3. The number of carbonyl (C=O) groups is 2. The van der Waals surface area contributed by atoms with E-state index in [1.165, 1.54) is 276 Å². The molecule has 0 aliphatic heterocycles. The summed E-state index contributed by atoms with van der Waals surface area (Å²) in [6, 6.07) is 0.